The highest BCUT2D eigenvalue weighted by atomic mass is 32.2. The number of aromatic amines is 1. The van der Waals surface area contributed by atoms with Crippen LogP contribution < -0.4 is 10.2 Å². The van der Waals surface area contributed by atoms with Crippen LogP contribution in [-0.2, 0) is 6.42 Å². The fraction of sp³-hybridized carbons (Fsp3) is 0.375. The molecule has 0 atom stereocenters. The van der Waals surface area contributed by atoms with Gasteiger partial charge in [-0.2, -0.15) is 11.8 Å². The normalized spacial score (nSPS) is 18.0. The van der Waals surface area contributed by atoms with Crippen molar-refractivity contribution in [1.29, 1.82) is 0 Å². The average molecular weight is 314 g/mol. The molecule has 4 rings (SSSR count). The van der Waals surface area contributed by atoms with Gasteiger partial charge in [-0.25, -0.2) is 4.98 Å². The second-order valence-electron chi connectivity index (χ2n) is 5.58. The van der Waals surface area contributed by atoms with E-state index >= 15 is 0 Å². The van der Waals surface area contributed by atoms with Crippen LogP contribution in [0.15, 0.2) is 24.4 Å². The first-order valence-electron chi connectivity index (χ1n) is 7.60. The fourth-order valence-corrected chi connectivity index (χ4v) is 3.90. The molecule has 0 aromatic carbocycles. The van der Waals surface area contributed by atoms with Crippen LogP contribution >= 0.6 is 11.8 Å². The number of hydrogen-bond acceptors (Lipinski definition) is 4. The molecule has 0 unspecified atom stereocenters. The van der Waals surface area contributed by atoms with Gasteiger partial charge in [-0.05, 0) is 18.2 Å². The lowest BCUT2D eigenvalue weighted by atomic mass is 10.1. The Hall–Kier alpha value is -1.95. The Labute approximate surface area is 133 Å². The van der Waals surface area contributed by atoms with Crippen LogP contribution in [-0.4, -0.2) is 47.0 Å². The van der Waals surface area contributed by atoms with Gasteiger partial charge in [0.2, 0.25) is 0 Å². The van der Waals surface area contributed by atoms with Gasteiger partial charge < -0.3 is 15.2 Å². The first-order valence-corrected chi connectivity index (χ1v) is 8.76. The van der Waals surface area contributed by atoms with Gasteiger partial charge in [0.15, 0.2) is 0 Å². The van der Waals surface area contributed by atoms with Crippen molar-refractivity contribution in [1.82, 2.24) is 15.3 Å². The molecule has 6 heteroatoms. The Balaban J connectivity index is 1.66. The first kappa shape index (κ1) is 13.7. The molecule has 4 heterocycles. The van der Waals surface area contributed by atoms with E-state index in [1.807, 2.05) is 30.1 Å². The number of thioether (sulfide) groups is 1. The summed E-state index contributed by atoms with van der Waals surface area (Å²) < 4.78 is 0. The number of fused-ring (bicyclic) bond motifs is 1. The van der Waals surface area contributed by atoms with Gasteiger partial charge in [-0.3, -0.25) is 4.79 Å². The number of aromatic nitrogens is 2. The molecule has 0 aliphatic carbocycles. The Morgan fingerprint density at radius 2 is 2.09 bits per heavy atom. The van der Waals surface area contributed by atoms with Crippen LogP contribution in [0.5, 0.6) is 0 Å². The lowest BCUT2D eigenvalue weighted by Gasteiger charge is -2.27. The maximum Gasteiger partial charge on any atom is 0.253 e. The van der Waals surface area contributed by atoms with Gasteiger partial charge in [-0.1, -0.05) is 0 Å². The van der Waals surface area contributed by atoms with Crippen LogP contribution in [0.2, 0.25) is 0 Å². The lowest BCUT2D eigenvalue weighted by molar-refractivity contribution is 0.0946. The number of pyridine rings is 1. The summed E-state index contributed by atoms with van der Waals surface area (Å²) in [5.74, 6) is 3.35. The number of rotatable bonds is 2. The van der Waals surface area contributed by atoms with Gasteiger partial charge in [0.05, 0.1) is 5.56 Å². The predicted octanol–water partition coefficient (Wildman–Crippen LogP) is 1.92. The van der Waals surface area contributed by atoms with E-state index in [2.05, 4.69) is 26.3 Å². The maximum absolute atomic E-state index is 11.9. The third kappa shape index (κ3) is 2.47. The fourth-order valence-electron chi connectivity index (χ4n) is 3.00. The second-order valence-corrected chi connectivity index (χ2v) is 6.81. The monoisotopic (exact) mass is 314 g/mol. The number of hydrogen-bond donors (Lipinski definition) is 2. The van der Waals surface area contributed by atoms with Gasteiger partial charge in [0.1, 0.15) is 5.82 Å². The summed E-state index contributed by atoms with van der Waals surface area (Å²) in [5, 5.41) is 2.88. The van der Waals surface area contributed by atoms with Gasteiger partial charge in [-0.15, -0.1) is 0 Å². The Morgan fingerprint density at radius 1 is 1.23 bits per heavy atom. The van der Waals surface area contributed by atoms with Crippen molar-refractivity contribution in [3.05, 3.63) is 35.7 Å². The Bertz CT molecular complexity index is 706. The number of carbonyl (C=O) groups excluding carboxylic acids is 1. The third-order valence-corrected chi connectivity index (χ3v) is 5.14. The Kier molecular flexibility index (Phi) is 3.54. The molecular formula is C16H18N4OS. The lowest BCUT2D eigenvalue weighted by Crippen LogP contribution is -2.33. The van der Waals surface area contributed by atoms with Crippen LogP contribution in [0.25, 0.3) is 11.3 Å². The molecule has 2 aromatic rings. The van der Waals surface area contributed by atoms with Crippen LogP contribution in [0.4, 0.5) is 5.82 Å². The minimum atomic E-state index is 0.0195. The summed E-state index contributed by atoms with van der Waals surface area (Å²) in [6, 6.07) is 6.07. The highest BCUT2D eigenvalue weighted by Gasteiger charge is 2.20. The van der Waals surface area contributed by atoms with Crippen molar-refractivity contribution in [3.63, 3.8) is 0 Å². The summed E-state index contributed by atoms with van der Waals surface area (Å²) in [7, 11) is 0. The molecule has 1 amide bonds. The highest BCUT2D eigenvalue weighted by molar-refractivity contribution is 7.99. The van der Waals surface area contributed by atoms with Crippen molar-refractivity contribution in [2.75, 3.05) is 36.0 Å². The zero-order chi connectivity index (χ0) is 14.9. The quantitative estimate of drug-likeness (QED) is 0.889. The zero-order valence-corrected chi connectivity index (χ0v) is 13.1. The van der Waals surface area contributed by atoms with Crippen molar-refractivity contribution < 1.29 is 4.79 Å². The van der Waals surface area contributed by atoms with Crippen molar-refractivity contribution in [2.24, 2.45) is 0 Å². The zero-order valence-electron chi connectivity index (χ0n) is 12.3. The van der Waals surface area contributed by atoms with Crippen LogP contribution in [0.1, 0.15) is 16.1 Å². The number of carbonyl (C=O) groups is 1. The summed E-state index contributed by atoms with van der Waals surface area (Å²) in [6.45, 7) is 2.80. The Morgan fingerprint density at radius 3 is 2.91 bits per heavy atom. The van der Waals surface area contributed by atoms with Crippen LogP contribution in [0, 0.1) is 0 Å². The first-order chi connectivity index (χ1) is 10.8. The van der Waals surface area contributed by atoms with E-state index < -0.39 is 0 Å². The second kappa shape index (κ2) is 5.68. The highest BCUT2D eigenvalue weighted by Crippen LogP contribution is 2.27. The minimum Gasteiger partial charge on any atom is -0.358 e. The molecule has 1 fully saturated rings. The number of nitrogens with one attached hydrogen (secondary N) is 2. The SMILES string of the molecule is O=C1NCCc2[nH]c(-c3ccnc(N4CCSCC4)c3)cc21. The van der Waals surface area contributed by atoms with E-state index in [-0.39, 0.29) is 5.91 Å². The van der Waals surface area contributed by atoms with E-state index in [4.69, 9.17) is 0 Å². The molecule has 2 N–H and O–H groups in total. The van der Waals surface area contributed by atoms with E-state index in [0.29, 0.717) is 6.54 Å². The molecule has 2 aromatic heterocycles. The van der Waals surface area contributed by atoms with E-state index in [9.17, 15) is 4.79 Å². The van der Waals surface area contributed by atoms with Crippen LogP contribution in [0.3, 0.4) is 0 Å². The standard InChI is InChI=1S/C16H18N4OS/c21-16-12-10-14(19-13(12)2-4-18-16)11-1-3-17-15(9-11)20-5-7-22-8-6-20/h1,3,9-10,19H,2,4-8H2,(H,18,21). The molecule has 0 bridgehead atoms. The molecule has 2 aliphatic heterocycles. The van der Waals surface area contributed by atoms with Crippen molar-refractivity contribution in [2.45, 2.75) is 6.42 Å². The summed E-state index contributed by atoms with van der Waals surface area (Å²) in [6.07, 6.45) is 2.72. The molecular weight excluding hydrogens is 296 g/mol. The molecule has 0 radical (unpaired) electrons. The topological polar surface area (TPSA) is 61.0 Å². The summed E-state index contributed by atoms with van der Waals surface area (Å²) in [4.78, 5) is 22.1. The minimum absolute atomic E-state index is 0.0195. The smallest absolute Gasteiger partial charge is 0.253 e. The average Bonchev–Trinajstić information content (AvgIpc) is 3.02. The number of nitrogens with zero attached hydrogens (tertiary/aromatic N) is 2. The summed E-state index contributed by atoms with van der Waals surface area (Å²) >= 11 is 1.99. The molecule has 114 valence electrons. The van der Waals surface area contributed by atoms with E-state index in [1.165, 1.54) is 0 Å². The molecule has 2 aliphatic rings. The predicted molar refractivity (Wildman–Crippen MR) is 89.6 cm³/mol. The molecule has 0 saturated carbocycles. The summed E-state index contributed by atoms with van der Waals surface area (Å²) in [5.41, 5.74) is 3.89. The van der Waals surface area contributed by atoms with Gasteiger partial charge >= 0.3 is 0 Å². The van der Waals surface area contributed by atoms with E-state index in [1.54, 1.807) is 0 Å². The number of amides is 1. The van der Waals surface area contributed by atoms with E-state index in [0.717, 1.165) is 59.3 Å². The molecule has 22 heavy (non-hydrogen) atoms. The third-order valence-electron chi connectivity index (χ3n) is 4.20. The molecule has 0 spiro atoms. The number of anilines is 1. The van der Waals surface area contributed by atoms with Gasteiger partial charge in [0.25, 0.3) is 5.91 Å². The maximum atomic E-state index is 11.9. The van der Waals surface area contributed by atoms with Crippen molar-refractivity contribution >= 4 is 23.5 Å². The molecule has 5 nitrogen and oxygen atoms in total. The molecule has 1 saturated heterocycles. The number of H-pyrrole nitrogens is 1. The van der Waals surface area contributed by atoms with Gasteiger partial charge in [0, 0.05) is 60.7 Å². The van der Waals surface area contributed by atoms with Crippen molar-refractivity contribution in [3.8, 4) is 11.3 Å². The largest absolute Gasteiger partial charge is 0.358 e.